The molecule has 0 heterocycles. The third-order valence-electron chi connectivity index (χ3n) is 2.21. The Hall–Kier alpha value is -0.730. The third kappa shape index (κ3) is 2.16. The van der Waals surface area contributed by atoms with Crippen molar-refractivity contribution in [2.24, 2.45) is 0 Å². The highest BCUT2D eigenvalue weighted by atomic mass is 32.2. The molecule has 0 radical (unpaired) electrons. The van der Waals surface area contributed by atoms with Gasteiger partial charge in [-0.1, -0.05) is 0 Å². The largest absolute Gasteiger partial charge is 0.246 e. The standard InChI is InChI=1S/C9H10F3NO2S2/c1-4-5(10)7(12)9(8(16)6(4)11)17(14,15)13(2)3/h16H,1-3H3. The maximum Gasteiger partial charge on any atom is 0.246 e. The van der Waals surface area contributed by atoms with E-state index >= 15 is 0 Å². The fourth-order valence-electron chi connectivity index (χ4n) is 1.16. The first kappa shape index (κ1) is 14.3. The summed E-state index contributed by atoms with van der Waals surface area (Å²) in [5.74, 6) is -4.34. The zero-order valence-electron chi connectivity index (χ0n) is 9.25. The molecule has 96 valence electrons. The minimum atomic E-state index is -4.30. The summed E-state index contributed by atoms with van der Waals surface area (Å²) in [5.41, 5.74) is -0.606. The highest BCUT2D eigenvalue weighted by Crippen LogP contribution is 2.31. The molecule has 0 spiro atoms. The monoisotopic (exact) mass is 285 g/mol. The molecule has 0 aliphatic carbocycles. The molecule has 0 saturated carbocycles. The van der Waals surface area contributed by atoms with Gasteiger partial charge in [0.1, 0.15) is 10.7 Å². The molecule has 1 rings (SSSR count). The number of hydrogen-bond acceptors (Lipinski definition) is 3. The van der Waals surface area contributed by atoms with Gasteiger partial charge in [-0.2, -0.15) is 0 Å². The highest BCUT2D eigenvalue weighted by molar-refractivity contribution is 7.90. The van der Waals surface area contributed by atoms with Crippen molar-refractivity contribution in [3.63, 3.8) is 0 Å². The first-order valence-corrected chi connectivity index (χ1v) is 6.29. The molecule has 0 unspecified atom stereocenters. The van der Waals surface area contributed by atoms with E-state index in [-0.39, 0.29) is 0 Å². The third-order valence-corrected chi connectivity index (χ3v) is 4.64. The van der Waals surface area contributed by atoms with Crippen LogP contribution in [-0.2, 0) is 10.0 Å². The average molecular weight is 285 g/mol. The average Bonchev–Trinajstić information content (AvgIpc) is 2.23. The smallest absolute Gasteiger partial charge is 0.207 e. The molecule has 0 amide bonds. The van der Waals surface area contributed by atoms with E-state index in [1.807, 2.05) is 0 Å². The van der Waals surface area contributed by atoms with Crippen molar-refractivity contribution < 1.29 is 21.6 Å². The molecule has 0 N–H and O–H groups in total. The molecular formula is C9H10F3NO2S2. The predicted octanol–water partition coefficient (Wildman–Crippen LogP) is 1.95. The van der Waals surface area contributed by atoms with Crippen LogP contribution in [0.15, 0.2) is 9.79 Å². The van der Waals surface area contributed by atoms with Gasteiger partial charge in [0.25, 0.3) is 0 Å². The Kier molecular flexibility index (Phi) is 3.80. The molecule has 0 fully saturated rings. The van der Waals surface area contributed by atoms with E-state index in [1.54, 1.807) is 0 Å². The fourth-order valence-corrected chi connectivity index (χ4v) is 2.79. The van der Waals surface area contributed by atoms with Crippen LogP contribution < -0.4 is 0 Å². The van der Waals surface area contributed by atoms with E-state index in [9.17, 15) is 21.6 Å². The molecule has 3 nitrogen and oxygen atoms in total. The van der Waals surface area contributed by atoms with E-state index in [0.29, 0.717) is 4.31 Å². The molecule has 8 heteroatoms. The highest BCUT2D eigenvalue weighted by Gasteiger charge is 2.31. The first-order chi connectivity index (χ1) is 7.62. The Morgan fingerprint density at radius 2 is 1.53 bits per heavy atom. The van der Waals surface area contributed by atoms with Crippen molar-refractivity contribution in [1.82, 2.24) is 4.31 Å². The van der Waals surface area contributed by atoms with Crippen LogP contribution >= 0.6 is 12.6 Å². The van der Waals surface area contributed by atoms with E-state index in [2.05, 4.69) is 12.6 Å². The summed E-state index contributed by atoms with van der Waals surface area (Å²) >= 11 is 3.60. The van der Waals surface area contributed by atoms with E-state index in [0.717, 1.165) is 21.0 Å². The normalized spacial score (nSPS) is 12.2. The summed E-state index contributed by atoms with van der Waals surface area (Å²) < 4.78 is 64.4. The molecule has 1 aromatic rings. The molecule has 17 heavy (non-hydrogen) atoms. The lowest BCUT2D eigenvalue weighted by atomic mass is 10.2. The Morgan fingerprint density at radius 1 is 1.06 bits per heavy atom. The van der Waals surface area contributed by atoms with Gasteiger partial charge in [-0.05, 0) is 6.92 Å². The van der Waals surface area contributed by atoms with Gasteiger partial charge in [0.05, 0.1) is 4.90 Å². The summed E-state index contributed by atoms with van der Waals surface area (Å²) in [5, 5.41) is 0. The van der Waals surface area contributed by atoms with Crippen LogP contribution in [0, 0.1) is 24.4 Å². The molecule has 0 bridgehead atoms. The SMILES string of the molecule is Cc1c(F)c(F)c(S(=O)(=O)N(C)C)c(S)c1F. The number of hydrogen-bond donors (Lipinski definition) is 1. The lowest BCUT2D eigenvalue weighted by molar-refractivity contribution is 0.440. The Bertz CT molecular complexity index is 541. The van der Waals surface area contributed by atoms with Gasteiger partial charge in [-0.15, -0.1) is 12.6 Å². The minimum Gasteiger partial charge on any atom is -0.207 e. The molecular weight excluding hydrogens is 275 g/mol. The van der Waals surface area contributed by atoms with Crippen LogP contribution in [0.25, 0.3) is 0 Å². The van der Waals surface area contributed by atoms with Crippen LogP contribution in [0.5, 0.6) is 0 Å². The van der Waals surface area contributed by atoms with Crippen LogP contribution in [-0.4, -0.2) is 26.8 Å². The van der Waals surface area contributed by atoms with Crippen molar-refractivity contribution in [3.8, 4) is 0 Å². The van der Waals surface area contributed by atoms with E-state index in [1.165, 1.54) is 0 Å². The maximum absolute atomic E-state index is 13.6. The van der Waals surface area contributed by atoms with Crippen LogP contribution in [0.2, 0.25) is 0 Å². The zero-order chi connectivity index (χ0) is 13.5. The summed E-state index contributed by atoms with van der Waals surface area (Å²) in [4.78, 5) is -1.82. The number of sulfonamides is 1. The fraction of sp³-hybridized carbons (Fsp3) is 0.333. The van der Waals surface area contributed by atoms with Crippen molar-refractivity contribution in [3.05, 3.63) is 23.0 Å². The van der Waals surface area contributed by atoms with Crippen LogP contribution in [0.3, 0.4) is 0 Å². The van der Waals surface area contributed by atoms with Gasteiger partial charge < -0.3 is 0 Å². The molecule has 0 saturated heterocycles. The lowest BCUT2D eigenvalue weighted by Gasteiger charge is -2.15. The summed E-state index contributed by atoms with van der Waals surface area (Å²) in [6.07, 6.45) is 0. The second-order valence-corrected chi connectivity index (χ2v) is 6.07. The Labute approximate surface area is 103 Å². The van der Waals surface area contributed by atoms with Crippen molar-refractivity contribution in [1.29, 1.82) is 0 Å². The van der Waals surface area contributed by atoms with Gasteiger partial charge in [-0.25, -0.2) is 25.9 Å². The quantitative estimate of drug-likeness (QED) is 0.666. The van der Waals surface area contributed by atoms with Crippen molar-refractivity contribution >= 4 is 22.7 Å². The van der Waals surface area contributed by atoms with E-state index < -0.39 is 42.8 Å². The molecule has 0 aromatic heterocycles. The van der Waals surface area contributed by atoms with Crippen LogP contribution in [0.4, 0.5) is 13.2 Å². The topological polar surface area (TPSA) is 37.4 Å². The number of rotatable bonds is 2. The number of halogens is 3. The van der Waals surface area contributed by atoms with Gasteiger partial charge in [0.15, 0.2) is 11.6 Å². The van der Waals surface area contributed by atoms with Gasteiger partial charge >= 0.3 is 0 Å². The summed E-state index contributed by atoms with van der Waals surface area (Å²) in [7, 11) is -2.05. The minimum absolute atomic E-state index is 0.606. The van der Waals surface area contributed by atoms with E-state index in [4.69, 9.17) is 0 Å². The van der Waals surface area contributed by atoms with Gasteiger partial charge in [0, 0.05) is 19.7 Å². The Balaban J connectivity index is 3.80. The van der Waals surface area contributed by atoms with Crippen molar-refractivity contribution in [2.75, 3.05) is 14.1 Å². The summed E-state index contributed by atoms with van der Waals surface area (Å²) in [6.45, 7) is 1.000. The molecule has 0 atom stereocenters. The second-order valence-electron chi connectivity index (χ2n) is 3.53. The number of benzene rings is 1. The molecule has 1 aromatic carbocycles. The summed E-state index contributed by atoms with van der Waals surface area (Å²) in [6, 6.07) is 0. The maximum atomic E-state index is 13.6. The van der Waals surface area contributed by atoms with Gasteiger partial charge in [-0.3, -0.25) is 0 Å². The lowest BCUT2D eigenvalue weighted by Crippen LogP contribution is -2.25. The molecule has 0 aliphatic heterocycles. The second kappa shape index (κ2) is 4.51. The molecule has 0 aliphatic rings. The van der Waals surface area contributed by atoms with Crippen LogP contribution in [0.1, 0.15) is 5.56 Å². The van der Waals surface area contributed by atoms with Crippen molar-refractivity contribution in [2.45, 2.75) is 16.7 Å². The predicted molar refractivity (Wildman–Crippen MR) is 59.2 cm³/mol. The Morgan fingerprint density at radius 3 is 1.94 bits per heavy atom. The number of thiol groups is 1. The first-order valence-electron chi connectivity index (χ1n) is 4.41. The number of nitrogens with zero attached hydrogens (tertiary/aromatic N) is 1. The van der Waals surface area contributed by atoms with Gasteiger partial charge in [0.2, 0.25) is 10.0 Å². The zero-order valence-corrected chi connectivity index (χ0v) is 11.0.